The number of nitrogens with one attached hydrogen (secondary N) is 1. The van der Waals surface area contributed by atoms with E-state index >= 15 is 0 Å². The molecule has 0 heterocycles. The molecule has 0 bridgehead atoms. The van der Waals surface area contributed by atoms with E-state index in [0.29, 0.717) is 11.8 Å². The number of carboxylic acids is 1. The fraction of sp³-hybridized carbons (Fsp3) is 0.579. The quantitative estimate of drug-likeness (QED) is 0.846. The molecular formula is C19H27NO3. The van der Waals surface area contributed by atoms with Gasteiger partial charge in [0.15, 0.2) is 0 Å². The second kappa shape index (κ2) is 8.14. The Balaban J connectivity index is 2.00. The van der Waals surface area contributed by atoms with E-state index in [1.807, 2.05) is 6.07 Å². The summed E-state index contributed by atoms with van der Waals surface area (Å²) in [4.78, 5) is 24.1. The van der Waals surface area contributed by atoms with Gasteiger partial charge in [0.05, 0.1) is 1.37 Å². The zero-order valence-corrected chi connectivity index (χ0v) is 13.9. The van der Waals surface area contributed by atoms with Crippen molar-refractivity contribution in [2.45, 2.75) is 52.0 Å². The van der Waals surface area contributed by atoms with Gasteiger partial charge in [0.2, 0.25) is 5.91 Å². The molecule has 1 aliphatic rings. The predicted octanol–water partition coefficient (Wildman–Crippen LogP) is 3.26. The number of hydrogen-bond acceptors (Lipinski definition) is 2. The second-order valence-electron chi connectivity index (χ2n) is 6.79. The van der Waals surface area contributed by atoms with Crippen LogP contribution in [-0.4, -0.2) is 23.0 Å². The Bertz CT molecular complexity index is 567. The van der Waals surface area contributed by atoms with Crippen molar-refractivity contribution in [2.24, 2.45) is 17.8 Å². The summed E-state index contributed by atoms with van der Waals surface area (Å²) in [6.45, 7) is 4.40. The number of carbonyl (C=O) groups excluding carboxylic acids is 1. The lowest BCUT2D eigenvalue weighted by atomic mass is 9.76. The van der Waals surface area contributed by atoms with Gasteiger partial charge >= 0.3 is 5.97 Å². The van der Waals surface area contributed by atoms with Gasteiger partial charge in [-0.2, -0.15) is 0 Å². The molecule has 0 spiro atoms. The predicted molar refractivity (Wildman–Crippen MR) is 90.0 cm³/mol. The van der Waals surface area contributed by atoms with Crippen LogP contribution in [0.3, 0.4) is 0 Å². The van der Waals surface area contributed by atoms with E-state index in [0.717, 1.165) is 31.2 Å². The van der Waals surface area contributed by atoms with Crippen LogP contribution in [0.2, 0.25) is 0 Å². The molecule has 2 rings (SSSR count). The highest BCUT2D eigenvalue weighted by Crippen LogP contribution is 2.33. The van der Waals surface area contributed by atoms with Crippen LogP contribution in [0.5, 0.6) is 0 Å². The molecule has 1 atom stereocenters. The summed E-state index contributed by atoms with van der Waals surface area (Å²) in [6.07, 6.45) is 3.49. The van der Waals surface area contributed by atoms with Crippen LogP contribution in [0.1, 0.15) is 46.5 Å². The van der Waals surface area contributed by atoms with Crippen LogP contribution in [0, 0.1) is 17.8 Å². The highest BCUT2D eigenvalue weighted by Gasteiger charge is 2.30. The molecule has 4 heteroatoms. The number of benzene rings is 1. The van der Waals surface area contributed by atoms with Crippen LogP contribution < -0.4 is 5.32 Å². The Labute approximate surface area is 139 Å². The van der Waals surface area contributed by atoms with Gasteiger partial charge < -0.3 is 10.4 Å². The average Bonchev–Trinajstić information content (AvgIpc) is 2.55. The Kier molecular flexibility index (Phi) is 5.67. The third-order valence-electron chi connectivity index (χ3n) is 4.84. The second-order valence-corrected chi connectivity index (χ2v) is 6.79. The molecule has 1 saturated carbocycles. The number of rotatable bonds is 6. The Morgan fingerprint density at radius 3 is 2.35 bits per heavy atom. The van der Waals surface area contributed by atoms with Crippen molar-refractivity contribution in [1.82, 2.24) is 5.32 Å². The van der Waals surface area contributed by atoms with E-state index in [1.54, 1.807) is 24.3 Å². The van der Waals surface area contributed by atoms with Gasteiger partial charge in [0.1, 0.15) is 6.02 Å². The normalized spacial score (nSPS) is 24.6. The molecule has 0 aromatic heterocycles. The van der Waals surface area contributed by atoms with E-state index in [1.165, 1.54) is 0 Å². The molecule has 2 N–H and O–H groups in total. The van der Waals surface area contributed by atoms with E-state index in [-0.39, 0.29) is 18.2 Å². The third-order valence-corrected chi connectivity index (χ3v) is 4.84. The molecule has 4 nitrogen and oxygen atoms in total. The number of amides is 1. The SMILES string of the molecule is [2H]C(Cc1ccccc1)(NC(=O)C1CCC(C(C)C)CC1)C(=O)O. The van der Waals surface area contributed by atoms with E-state index < -0.39 is 12.0 Å². The largest absolute Gasteiger partial charge is 0.480 e. The van der Waals surface area contributed by atoms with Crippen molar-refractivity contribution in [3.8, 4) is 0 Å². The Morgan fingerprint density at radius 1 is 1.22 bits per heavy atom. The molecule has 1 fully saturated rings. The van der Waals surface area contributed by atoms with Crippen molar-refractivity contribution in [3.63, 3.8) is 0 Å². The van der Waals surface area contributed by atoms with E-state index in [2.05, 4.69) is 19.2 Å². The molecule has 0 radical (unpaired) electrons. The summed E-state index contributed by atoms with van der Waals surface area (Å²) < 4.78 is 8.24. The first-order chi connectivity index (χ1) is 11.3. The lowest BCUT2D eigenvalue weighted by Gasteiger charge is -2.30. The number of carbonyl (C=O) groups is 2. The minimum absolute atomic E-state index is 0.0454. The topological polar surface area (TPSA) is 66.4 Å². The van der Waals surface area contributed by atoms with Gasteiger partial charge in [-0.15, -0.1) is 0 Å². The van der Waals surface area contributed by atoms with E-state index in [9.17, 15) is 14.7 Å². The maximum absolute atomic E-state index is 12.5. The van der Waals surface area contributed by atoms with Gasteiger partial charge in [-0.1, -0.05) is 44.2 Å². The van der Waals surface area contributed by atoms with Crippen LogP contribution >= 0.6 is 0 Å². The summed E-state index contributed by atoms with van der Waals surface area (Å²) in [5.74, 6) is -0.555. The summed E-state index contributed by atoms with van der Waals surface area (Å²) >= 11 is 0. The molecule has 0 saturated heterocycles. The zero-order valence-electron chi connectivity index (χ0n) is 14.9. The van der Waals surface area contributed by atoms with Crippen LogP contribution in [0.25, 0.3) is 0 Å². The van der Waals surface area contributed by atoms with Crippen LogP contribution in [-0.2, 0) is 16.0 Å². The first-order valence-corrected chi connectivity index (χ1v) is 8.41. The van der Waals surface area contributed by atoms with E-state index in [4.69, 9.17) is 1.37 Å². The molecule has 23 heavy (non-hydrogen) atoms. The van der Waals surface area contributed by atoms with Crippen LogP contribution in [0.4, 0.5) is 0 Å². The maximum atomic E-state index is 12.5. The Hall–Kier alpha value is -1.84. The van der Waals surface area contributed by atoms with Crippen molar-refractivity contribution < 1.29 is 16.1 Å². The average molecular weight is 318 g/mol. The first-order valence-electron chi connectivity index (χ1n) is 8.91. The van der Waals surface area contributed by atoms with Gasteiger partial charge in [-0.3, -0.25) is 4.79 Å². The fourth-order valence-electron chi connectivity index (χ4n) is 3.27. The lowest BCUT2D eigenvalue weighted by molar-refractivity contribution is -0.142. The Morgan fingerprint density at radius 2 is 1.83 bits per heavy atom. The van der Waals surface area contributed by atoms with Crippen LogP contribution in [0.15, 0.2) is 30.3 Å². The van der Waals surface area contributed by atoms with Gasteiger partial charge in [-0.25, -0.2) is 4.79 Å². The van der Waals surface area contributed by atoms with Crippen molar-refractivity contribution >= 4 is 11.9 Å². The molecule has 1 unspecified atom stereocenters. The van der Waals surface area contributed by atoms with Crippen molar-refractivity contribution in [2.75, 3.05) is 0 Å². The molecule has 1 aromatic carbocycles. The molecular weight excluding hydrogens is 290 g/mol. The molecule has 1 aliphatic carbocycles. The number of hydrogen-bond donors (Lipinski definition) is 2. The lowest BCUT2D eigenvalue weighted by Crippen LogP contribution is -2.45. The monoisotopic (exact) mass is 318 g/mol. The number of aliphatic carboxylic acids is 1. The molecule has 1 aromatic rings. The first kappa shape index (κ1) is 16.0. The summed E-state index contributed by atoms with van der Waals surface area (Å²) in [5.41, 5.74) is 0.721. The highest BCUT2D eigenvalue weighted by atomic mass is 16.4. The summed E-state index contributed by atoms with van der Waals surface area (Å²) in [5, 5.41) is 11.9. The third kappa shape index (κ3) is 5.08. The molecule has 126 valence electrons. The maximum Gasteiger partial charge on any atom is 0.326 e. The van der Waals surface area contributed by atoms with Gasteiger partial charge in [0, 0.05) is 12.3 Å². The van der Waals surface area contributed by atoms with Crippen molar-refractivity contribution in [3.05, 3.63) is 35.9 Å². The molecule has 0 aliphatic heterocycles. The highest BCUT2D eigenvalue weighted by molar-refractivity contribution is 5.85. The van der Waals surface area contributed by atoms with Crippen molar-refractivity contribution in [1.29, 1.82) is 0 Å². The standard InChI is InChI=1S/C19H27NO3/c1-13(2)15-8-10-16(11-9-15)18(21)20-17(19(22)23)12-14-6-4-3-5-7-14/h3-7,13,15-17H,8-12H2,1-2H3,(H,20,21)(H,22,23)/i17D. The zero-order chi connectivity index (χ0) is 17.7. The summed E-state index contributed by atoms with van der Waals surface area (Å²) in [7, 11) is 0. The smallest absolute Gasteiger partial charge is 0.326 e. The number of carboxylic acid groups (broad SMARTS) is 1. The fourth-order valence-corrected chi connectivity index (χ4v) is 3.27. The molecule has 1 amide bonds. The minimum Gasteiger partial charge on any atom is -0.480 e. The van der Waals surface area contributed by atoms with Gasteiger partial charge in [-0.05, 0) is 43.1 Å². The van der Waals surface area contributed by atoms with Gasteiger partial charge in [0.25, 0.3) is 0 Å². The summed E-state index contributed by atoms with van der Waals surface area (Å²) in [6, 6.07) is 6.95. The minimum atomic E-state index is -2.02.